The van der Waals surface area contributed by atoms with E-state index in [9.17, 15) is 23.6 Å². The first-order chi connectivity index (χ1) is 28.2. The molecule has 8 rings (SSSR count). The number of benzene rings is 2. The first kappa shape index (κ1) is 39.2. The van der Waals surface area contributed by atoms with Crippen LogP contribution in [0.5, 0.6) is 0 Å². The molecule has 1 aliphatic carbocycles. The van der Waals surface area contributed by atoms with Crippen molar-refractivity contribution < 1.29 is 23.2 Å². The number of imide groups is 1. The minimum Gasteiger partial charge on any atom is -0.374 e. The lowest BCUT2D eigenvalue weighted by Gasteiger charge is -2.39. The maximum Gasteiger partial charge on any atom is 0.255 e. The van der Waals surface area contributed by atoms with Crippen molar-refractivity contribution in [2.45, 2.75) is 82.7 Å². The highest BCUT2D eigenvalue weighted by Crippen LogP contribution is 2.35. The van der Waals surface area contributed by atoms with Crippen LogP contribution < -0.4 is 26.4 Å². The third-order valence-electron chi connectivity index (χ3n) is 12.5. The fourth-order valence-electron chi connectivity index (χ4n) is 9.20. The van der Waals surface area contributed by atoms with Crippen molar-refractivity contribution in [2.24, 2.45) is 17.8 Å². The number of carbonyl (C=O) groups excluding carboxylic acids is 3. The number of halogens is 2. The monoisotopic (exact) mass is 792 g/mol. The van der Waals surface area contributed by atoms with Crippen molar-refractivity contribution in [2.75, 3.05) is 41.7 Å². The van der Waals surface area contributed by atoms with E-state index in [0.29, 0.717) is 52.3 Å². The van der Waals surface area contributed by atoms with Crippen LogP contribution in [0.2, 0.25) is 0 Å². The Balaban J connectivity index is 0.761. The van der Waals surface area contributed by atoms with Gasteiger partial charge >= 0.3 is 0 Å². The Bertz CT molecular complexity index is 2190. The Hall–Kier alpha value is -5.66. The molecule has 0 radical (unpaired) electrons. The van der Waals surface area contributed by atoms with E-state index in [0.717, 1.165) is 84.0 Å². The number of hydrogen-bond acceptors (Lipinski definition) is 9. The Morgan fingerprint density at radius 1 is 0.793 bits per heavy atom. The lowest BCUT2D eigenvalue weighted by molar-refractivity contribution is -0.138. The second-order valence-electron chi connectivity index (χ2n) is 16.3. The molecule has 0 spiro atoms. The number of aromatic amines is 1. The topological polar surface area (TPSA) is 152 Å². The van der Waals surface area contributed by atoms with Gasteiger partial charge in [-0.2, -0.15) is 0 Å². The van der Waals surface area contributed by atoms with Crippen LogP contribution in [-0.2, 0) is 14.4 Å². The van der Waals surface area contributed by atoms with E-state index in [4.69, 9.17) is 0 Å². The summed E-state index contributed by atoms with van der Waals surface area (Å²) in [5, 5.41) is 8.75. The molecule has 4 fully saturated rings. The smallest absolute Gasteiger partial charge is 0.255 e. The summed E-state index contributed by atoms with van der Waals surface area (Å²) in [6.07, 6.45) is 11.7. The number of H-pyrrole nitrogens is 1. The minimum absolute atomic E-state index is 0.00447. The molecule has 12 nitrogen and oxygen atoms in total. The predicted molar refractivity (Wildman–Crippen MR) is 218 cm³/mol. The van der Waals surface area contributed by atoms with Crippen LogP contribution in [0.3, 0.4) is 0 Å². The van der Waals surface area contributed by atoms with Gasteiger partial charge in [0.1, 0.15) is 17.6 Å². The zero-order valence-electron chi connectivity index (χ0n) is 32.5. The highest BCUT2D eigenvalue weighted by Gasteiger charge is 2.33. The summed E-state index contributed by atoms with van der Waals surface area (Å²) in [6.45, 7) is 3.15. The normalized spacial score (nSPS) is 22.1. The van der Waals surface area contributed by atoms with E-state index in [-0.39, 0.29) is 53.2 Å². The number of rotatable bonds is 10. The van der Waals surface area contributed by atoms with Crippen LogP contribution in [0.15, 0.2) is 71.8 Å². The van der Waals surface area contributed by atoms with Crippen LogP contribution >= 0.6 is 0 Å². The van der Waals surface area contributed by atoms with Gasteiger partial charge in [0, 0.05) is 67.6 Å². The van der Waals surface area contributed by atoms with E-state index >= 15 is 4.39 Å². The van der Waals surface area contributed by atoms with Crippen LogP contribution in [0.1, 0.15) is 70.6 Å². The quantitative estimate of drug-likeness (QED) is 0.132. The molecular weight excluding hydrogens is 743 g/mol. The number of pyridine rings is 1. The summed E-state index contributed by atoms with van der Waals surface area (Å²) in [5.41, 5.74) is 2.73. The van der Waals surface area contributed by atoms with Gasteiger partial charge in [0.05, 0.1) is 11.9 Å². The third-order valence-corrected chi connectivity index (χ3v) is 12.5. The largest absolute Gasteiger partial charge is 0.374 e. The molecule has 2 aromatic carbocycles. The second-order valence-corrected chi connectivity index (χ2v) is 16.3. The molecule has 4 aliphatic rings. The Morgan fingerprint density at radius 2 is 1.53 bits per heavy atom. The molecular formula is C44H50F2N8O4. The molecule has 4 aromatic rings. The van der Waals surface area contributed by atoms with Crippen molar-refractivity contribution in [1.82, 2.24) is 25.2 Å². The van der Waals surface area contributed by atoms with Crippen molar-refractivity contribution in [3.05, 3.63) is 89.0 Å². The Morgan fingerprint density at radius 3 is 2.26 bits per heavy atom. The molecule has 14 heteroatoms. The Kier molecular flexibility index (Phi) is 11.8. The van der Waals surface area contributed by atoms with Crippen molar-refractivity contribution in [3.63, 3.8) is 0 Å². The zero-order chi connectivity index (χ0) is 40.2. The predicted octanol–water partition coefficient (Wildman–Crippen LogP) is 6.51. The van der Waals surface area contributed by atoms with Gasteiger partial charge in [-0.15, -0.1) is 0 Å². The first-order valence-electron chi connectivity index (χ1n) is 20.7. The number of hydrogen-bond donors (Lipinski definition) is 4. The van der Waals surface area contributed by atoms with Gasteiger partial charge in [0.25, 0.3) is 5.56 Å². The minimum atomic E-state index is -0.554. The van der Waals surface area contributed by atoms with E-state index in [2.05, 4.69) is 40.7 Å². The fourth-order valence-corrected chi connectivity index (χ4v) is 9.20. The molecule has 3 amide bonds. The van der Waals surface area contributed by atoms with Gasteiger partial charge in [-0.1, -0.05) is 18.2 Å². The number of nitrogens with zero attached hydrogens (tertiary/aromatic N) is 4. The van der Waals surface area contributed by atoms with E-state index in [1.165, 1.54) is 12.3 Å². The van der Waals surface area contributed by atoms with Gasteiger partial charge in [-0.05, 0) is 118 Å². The van der Waals surface area contributed by atoms with Crippen molar-refractivity contribution in [1.29, 1.82) is 0 Å². The zero-order valence-corrected chi connectivity index (χ0v) is 32.5. The SMILES string of the molecule is O=C1CCC(Nc2ccc(N3CCC(CC4CCN(C(=O)C5CCC(Nc6ncc(F)c(-c7cccc(-c8ccc[nH]c8=O)c7)n6)CC5)CC4)CC3)c(F)c2)C(=O)N1. The van der Waals surface area contributed by atoms with E-state index in [1.54, 1.807) is 48.7 Å². The number of piperidine rings is 3. The summed E-state index contributed by atoms with van der Waals surface area (Å²) in [5.74, 6) is 0.210. The summed E-state index contributed by atoms with van der Waals surface area (Å²) in [4.78, 5) is 65.0. The standard InChI is InChI=1S/C44H50F2N8O4/c45-35-25-33(49-37-11-13-39(55)51-42(37)57)10-12-38(35)53-19-14-27(15-20-53)23-28-16-21-54(22-17-28)43(58)29-6-8-32(9-7-29)50-44-48-26-36(46)40(52-44)31-4-1-3-30(24-31)34-5-2-18-47-41(34)56/h1-5,10,12,18,24-29,32,37,49H,6-9,11,13-17,19-23H2,(H,47,56)(H,48,50,52)(H,51,55,57). The van der Waals surface area contributed by atoms with Crippen LogP contribution in [0, 0.1) is 29.4 Å². The number of carbonyl (C=O) groups is 3. The van der Waals surface area contributed by atoms with Crippen LogP contribution in [-0.4, -0.2) is 75.8 Å². The molecule has 304 valence electrons. The fraction of sp³-hybridized carbons (Fsp3) is 0.455. The second kappa shape index (κ2) is 17.5. The average Bonchev–Trinajstić information content (AvgIpc) is 3.23. The number of anilines is 3. The highest BCUT2D eigenvalue weighted by molar-refractivity contribution is 6.01. The number of aromatic nitrogens is 3. The maximum atomic E-state index is 15.2. The summed E-state index contributed by atoms with van der Waals surface area (Å²) in [6, 6.07) is 15.1. The maximum absolute atomic E-state index is 15.2. The van der Waals surface area contributed by atoms with Gasteiger partial charge in [-0.25, -0.2) is 18.7 Å². The third kappa shape index (κ3) is 9.05. The number of nitrogens with one attached hydrogen (secondary N) is 4. The summed E-state index contributed by atoms with van der Waals surface area (Å²) >= 11 is 0. The van der Waals surface area contributed by atoms with Gasteiger partial charge in [0.2, 0.25) is 23.7 Å². The van der Waals surface area contributed by atoms with Crippen molar-refractivity contribution in [3.8, 4) is 22.4 Å². The van der Waals surface area contributed by atoms with E-state index in [1.807, 2.05) is 6.07 Å². The Labute approximate surface area is 336 Å². The number of likely N-dealkylation sites (tertiary alicyclic amines) is 1. The lowest BCUT2D eigenvalue weighted by atomic mass is 9.81. The summed E-state index contributed by atoms with van der Waals surface area (Å²) in [7, 11) is 0. The average molecular weight is 793 g/mol. The van der Waals surface area contributed by atoms with Gasteiger partial charge in [-0.3, -0.25) is 24.5 Å². The highest BCUT2D eigenvalue weighted by atomic mass is 19.1. The van der Waals surface area contributed by atoms with Crippen LogP contribution in [0.25, 0.3) is 22.4 Å². The van der Waals surface area contributed by atoms with Crippen molar-refractivity contribution >= 4 is 35.0 Å². The molecule has 1 atom stereocenters. The van der Waals surface area contributed by atoms with Gasteiger partial charge in [0.15, 0.2) is 5.82 Å². The lowest BCUT2D eigenvalue weighted by Crippen LogP contribution is -2.47. The molecule has 0 bridgehead atoms. The molecule has 1 unspecified atom stereocenters. The van der Waals surface area contributed by atoms with Gasteiger partial charge < -0.3 is 25.4 Å². The molecule has 1 saturated carbocycles. The molecule has 58 heavy (non-hydrogen) atoms. The van der Waals surface area contributed by atoms with E-state index < -0.39 is 11.9 Å². The summed E-state index contributed by atoms with van der Waals surface area (Å²) < 4.78 is 30.2. The molecule has 5 heterocycles. The number of amides is 3. The molecule has 4 N–H and O–H groups in total. The first-order valence-corrected chi connectivity index (χ1v) is 20.7. The van der Waals surface area contributed by atoms with Crippen LogP contribution in [0.4, 0.5) is 26.1 Å². The molecule has 3 saturated heterocycles. The molecule has 2 aromatic heterocycles. The molecule has 3 aliphatic heterocycles.